The van der Waals surface area contributed by atoms with Crippen molar-refractivity contribution in [2.24, 2.45) is 5.92 Å². The van der Waals surface area contributed by atoms with Crippen LogP contribution in [-0.2, 0) is 34.9 Å². The van der Waals surface area contributed by atoms with Gasteiger partial charge in [-0.1, -0.05) is 13.8 Å². The summed E-state index contributed by atoms with van der Waals surface area (Å²) < 4.78 is 5.30. The van der Waals surface area contributed by atoms with E-state index in [1.807, 2.05) is 6.92 Å². The summed E-state index contributed by atoms with van der Waals surface area (Å²) in [6.45, 7) is 6.45. The quantitative estimate of drug-likeness (QED) is 0.699. The van der Waals surface area contributed by atoms with Gasteiger partial charge in [0.25, 0.3) is 0 Å². The Balaban J connectivity index is 3.44. The van der Waals surface area contributed by atoms with Gasteiger partial charge in [-0.05, 0) is 48.1 Å². The van der Waals surface area contributed by atoms with Crippen LogP contribution in [-0.4, -0.2) is 6.10 Å². The highest BCUT2D eigenvalue weighted by Gasteiger charge is 2.02. The minimum Gasteiger partial charge on any atom is -0.310 e. The maximum absolute atomic E-state index is 5.30. The molecule has 0 fully saturated rings. The predicted octanol–water partition coefficient (Wildman–Crippen LogP) is 2.02. The summed E-state index contributed by atoms with van der Waals surface area (Å²) in [6.07, 6.45) is 2.51. The smallest absolute Gasteiger partial charge is 0.0697 e. The van der Waals surface area contributed by atoms with Gasteiger partial charge < -0.3 is 4.18 Å². The van der Waals surface area contributed by atoms with Crippen LogP contribution in [0.3, 0.4) is 0 Å². The zero-order chi connectivity index (χ0) is 8.85. The predicted molar refractivity (Wildman–Crippen MR) is 58.1 cm³/mol. The van der Waals surface area contributed by atoms with Crippen molar-refractivity contribution in [3.05, 3.63) is 0 Å². The Morgan fingerprint density at radius 2 is 1.73 bits per heavy atom. The lowest BCUT2D eigenvalue weighted by atomic mass is 10.1. The zero-order valence-corrected chi connectivity index (χ0v) is 9.77. The SMILES string of the molecule is CC(C)CCC(C)O[SH](=S)=S. The van der Waals surface area contributed by atoms with Gasteiger partial charge in [0.2, 0.25) is 0 Å². The van der Waals surface area contributed by atoms with E-state index in [0.29, 0.717) is 0 Å². The summed E-state index contributed by atoms with van der Waals surface area (Å²) in [5, 5.41) is 0. The fourth-order valence-electron chi connectivity index (χ4n) is 0.768. The Labute approximate surface area is 80.6 Å². The largest absolute Gasteiger partial charge is 0.310 e. The summed E-state index contributed by atoms with van der Waals surface area (Å²) >= 11 is 9.58. The zero-order valence-electron chi connectivity index (χ0n) is 7.24. The first-order chi connectivity index (χ1) is 5.02. The molecular weight excluding hydrogens is 196 g/mol. The third-order valence-electron chi connectivity index (χ3n) is 1.42. The number of hydrogen-bond acceptors (Lipinski definition) is 3. The standard InChI is InChI=1S/C7H16OS3/c1-6(2)4-5-7(3)8-11(9)10/h6-7,11H,4-5H2,1-3H3. The second-order valence-electron chi connectivity index (χ2n) is 3.11. The Morgan fingerprint density at radius 3 is 2.09 bits per heavy atom. The van der Waals surface area contributed by atoms with E-state index in [1.165, 1.54) is 6.42 Å². The second-order valence-corrected chi connectivity index (χ2v) is 6.45. The number of thiol groups is 1. The Morgan fingerprint density at radius 1 is 1.18 bits per heavy atom. The molecule has 1 unspecified atom stereocenters. The molecule has 1 nitrogen and oxygen atoms in total. The molecule has 4 heteroatoms. The van der Waals surface area contributed by atoms with Gasteiger partial charge in [-0.15, -0.1) is 0 Å². The van der Waals surface area contributed by atoms with Crippen LogP contribution in [0.4, 0.5) is 0 Å². The molecule has 0 aromatic rings. The van der Waals surface area contributed by atoms with Crippen molar-refractivity contribution < 1.29 is 4.18 Å². The van der Waals surface area contributed by atoms with E-state index >= 15 is 0 Å². The molecule has 0 saturated carbocycles. The van der Waals surface area contributed by atoms with E-state index in [4.69, 9.17) is 26.6 Å². The first-order valence-corrected chi connectivity index (χ1v) is 7.12. The maximum atomic E-state index is 5.30. The van der Waals surface area contributed by atoms with E-state index in [1.54, 1.807) is 0 Å². The van der Waals surface area contributed by atoms with Gasteiger partial charge in [0.1, 0.15) is 0 Å². The second kappa shape index (κ2) is 6.29. The van der Waals surface area contributed by atoms with Crippen LogP contribution in [0.5, 0.6) is 0 Å². The summed E-state index contributed by atoms with van der Waals surface area (Å²) in [4.78, 5) is 0. The summed E-state index contributed by atoms with van der Waals surface area (Å²) in [6, 6.07) is 0. The van der Waals surface area contributed by atoms with Crippen LogP contribution in [0.2, 0.25) is 0 Å². The lowest BCUT2D eigenvalue weighted by molar-refractivity contribution is 0.240. The molecule has 1 atom stereocenters. The van der Waals surface area contributed by atoms with Crippen molar-refractivity contribution in [1.29, 1.82) is 0 Å². The Kier molecular flexibility index (Phi) is 6.71. The van der Waals surface area contributed by atoms with Crippen LogP contribution < -0.4 is 0 Å². The van der Waals surface area contributed by atoms with E-state index in [9.17, 15) is 0 Å². The monoisotopic (exact) mass is 212 g/mol. The number of hydrogen-bond donors (Lipinski definition) is 1. The minimum atomic E-state index is -1.00. The Bertz CT molecular complexity index is 155. The lowest BCUT2D eigenvalue weighted by Gasteiger charge is -2.10. The number of rotatable bonds is 5. The molecule has 0 aromatic carbocycles. The van der Waals surface area contributed by atoms with Crippen LogP contribution in [0.1, 0.15) is 33.6 Å². The van der Waals surface area contributed by atoms with Gasteiger partial charge in [0, 0.05) is 8.29 Å². The molecule has 68 valence electrons. The van der Waals surface area contributed by atoms with Crippen molar-refractivity contribution in [3.8, 4) is 0 Å². The van der Waals surface area contributed by atoms with Gasteiger partial charge in [-0.2, -0.15) is 0 Å². The third-order valence-corrected chi connectivity index (χ3v) is 2.46. The molecule has 0 aliphatic carbocycles. The van der Waals surface area contributed by atoms with Crippen LogP contribution >= 0.6 is 0 Å². The lowest BCUT2D eigenvalue weighted by Crippen LogP contribution is -2.07. The first-order valence-electron chi connectivity index (χ1n) is 3.83. The highest BCUT2D eigenvalue weighted by molar-refractivity contribution is 8.44. The first kappa shape index (κ1) is 11.8. The molecule has 0 heterocycles. The molecule has 0 aliphatic heterocycles. The summed E-state index contributed by atoms with van der Waals surface area (Å²) in [7, 11) is -1.00. The topological polar surface area (TPSA) is 9.23 Å². The van der Waals surface area contributed by atoms with Crippen LogP contribution in [0.25, 0.3) is 0 Å². The molecule has 0 rings (SSSR count). The molecule has 0 bridgehead atoms. The fourth-order valence-corrected chi connectivity index (χ4v) is 2.05. The van der Waals surface area contributed by atoms with E-state index in [-0.39, 0.29) is 6.10 Å². The van der Waals surface area contributed by atoms with Crippen molar-refractivity contribution in [1.82, 2.24) is 0 Å². The Hall–Kier alpha value is 0.750. The molecule has 0 aliphatic rings. The van der Waals surface area contributed by atoms with Crippen molar-refractivity contribution >= 4 is 30.7 Å². The molecule has 0 radical (unpaired) electrons. The maximum Gasteiger partial charge on any atom is 0.0697 e. The molecular formula is C7H16OS3. The molecule has 0 saturated heterocycles. The molecule has 0 amide bonds. The molecule has 0 N–H and O–H groups in total. The average Bonchev–Trinajstić information content (AvgIpc) is 1.82. The van der Waals surface area contributed by atoms with E-state index < -0.39 is 8.29 Å². The molecule has 0 aromatic heterocycles. The summed E-state index contributed by atoms with van der Waals surface area (Å²) in [5.74, 6) is 0.738. The highest BCUT2D eigenvalue weighted by Crippen LogP contribution is 2.08. The normalized spacial score (nSPS) is 14.3. The van der Waals surface area contributed by atoms with Gasteiger partial charge in [0.15, 0.2) is 0 Å². The van der Waals surface area contributed by atoms with E-state index in [2.05, 4.69) is 13.8 Å². The third kappa shape index (κ3) is 8.66. The van der Waals surface area contributed by atoms with Crippen molar-refractivity contribution in [2.75, 3.05) is 0 Å². The van der Waals surface area contributed by atoms with E-state index in [0.717, 1.165) is 12.3 Å². The minimum absolute atomic E-state index is 0.249. The van der Waals surface area contributed by atoms with Crippen LogP contribution in [0, 0.1) is 5.92 Å². The highest BCUT2D eigenvalue weighted by atomic mass is 33.1. The fraction of sp³-hybridized carbons (Fsp3) is 1.00. The van der Waals surface area contributed by atoms with Gasteiger partial charge >= 0.3 is 0 Å². The molecule has 11 heavy (non-hydrogen) atoms. The van der Waals surface area contributed by atoms with Crippen molar-refractivity contribution in [2.45, 2.75) is 39.7 Å². The van der Waals surface area contributed by atoms with Gasteiger partial charge in [0.05, 0.1) is 6.10 Å². The average molecular weight is 212 g/mol. The van der Waals surface area contributed by atoms with Crippen LogP contribution in [0.15, 0.2) is 0 Å². The van der Waals surface area contributed by atoms with Crippen molar-refractivity contribution in [3.63, 3.8) is 0 Å². The van der Waals surface area contributed by atoms with Gasteiger partial charge in [-0.25, -0.2) is 0 Å². The van der Waals surface area contributed by atoms with Gasteiger partial charge in [-0.3, -0.25) is 0 Å². The summed E-state index contributed by atoms with van der Waals surface area (Å²) in [5.41, 5.74) is 0. The molecule has 0 spiro atoms.